The molecule has 0 amide bonds. The molecule has 2 aliphatic heterocycles. The molecule has 6 nitrogen and oxygen atoms in total. The number of morpholine rings is 1. The third kappa shape index (κ3) is 3.16. The molecular weight excluding hydrogens is 364 g/mol. The number of hydrogen-bond donors (Lipinski definition) is 2. The zero-order chi connectivity index (χ0) is 19.2. The van der Waals surface area contributed by atoms with E-state index in [4.69, 9.17) is 9.47 Å². The average Bonchev–Trinajstić information content (AvgIpc) is 3.53. The van der Waals surface area contributed by atoms with Crippen LogP contribution in [0.2, 0.25) is 0 Å². The summed E-state index contributed by atoms with van der Waals surface area (Å²) < 4.78 is 11.7. The standard InChI is InChI=1S/C23H26N4O2/c1-2-4-21-16(3-1)22(20(14-29-21)27-9-11-28-12-10-27)25-18-7-8-24-23-17(18)13-19(26-23)15-5-6-15/h1-4,7-8,13,15,20,22H,5-6,9-12,14H2,(H2,24,25,26). The van der Waals surface area contributed by atoms with E-state index in [1.54, 1.807) is 0 Å². The fourth-order valence-electron chi connectivity index (χ4n) is 4.70. The Morgan fingerprint density at radius 2 is 1.97 bits per heavy atom. The van der Waals surface area contributed by atoms with E-state index >= 15 is 0 Å². The zero-order valence-electron chi connectivity index (χ0n) is 16.4. The molecule has 2 fully saturated rings. The Labute approximate surface area is 170 Å². The van der Waals surface area contributed by atoms with Gasteiger partial charge in [-0.15, -0.1) is 0 Å². The summed E-state index contributed by atoms with van der Waals surface area (Å²) in [6, 6.07) is 13.2. The summed E-state index contributed by atoms with van der Waals surface area (Å²) in [6.07, 6.45) is 4.46. The normalized spacial score (nSPS) is 24.8. The van der Waals surface area contributed by atoms with Gasteiger partial charge in [0.25, 0.3) is 0 Å². The van der Waals surface area contributed by atoms with E-state index in [2.05, 4.69) is 50.5 Å². The summed E-state index contributed by atoms with van der Waals surface area (Å²) in [5, 5.41) is 5.06. The number of benzene rings is 1. The zero-order valence-corrected chi connectivity index (χ0v) is 16.4. The Balaban J connectivity index is 1.38. The van der Waals surface area contributed by atoms with E-state index < -0.39 is 0 Å². The minimum atomic E-state index is 0.155. The maximum Gasteiger partial charge on any atom is 0.139 e. The second kappa shape index (κ2) is 7.04. The van der Waals surface area contributed by atoms with Crippen LogP contribution in [-0.2, 0) is 4.74 Å². The van der Waals surface area contributed by atoms with Crippen LogP contribution in [0.15, 0.2) is 42.6 Å². The number of H-pyrrole nitrogens is 1. The van der Waals surface area contributed by atoms with Crippen molar-refractivity contribution in [2.24, 2.45) is 0 Å². The summed E-state index contributed by atoms with van der Waals surface area (Å²) in [6.45, 7) is 4.13. The highest BCUT2D eigenvalue weighted by molar-refractivity contribution is 5.90. The molecule has 2 N–H and O–H groups in total. The van der Waals surface area contributed by atoms with Gasteiger partial charge in [-0.25, -0.2) is 4.98 Å². The lowest BCUT2D eigenvalue weighted by Crippen LogP contribution is -2.52. The van der Waals surface area contributed by atoms with Crippen molar-refractivity contribution in [2.75, 3.05) is 38.2 Å². The number of pyridine rings is 1. The van der Waals surface area contributed by atoms with Crippen LogP contribution in [-0.4, -0.2) is 53.8 Å². The lowest BCUT2D eigenvalue weighted by atomic mass is 9.94. The monoisotopic (exact) mass is 390 g/mol. The Morgan fingerprint density at radius 3 is 2.83 bits per heavy atom. The SMILES string of the molecule is c1ccc2c(c1)OCC(N1CCOCC1)C2Nc1ccnc2[nH]c(C3CC3)cc12. The maximum atomic E-state index is 6.15. The molecule has 1 aliphatic carbocycles. The molecule has 6 rings (SSSR count). The topological polar surface area (TPSA) is 62.4 Å². The average molecular weight is 390 g/mol. The van der Waals surface area contributed by atoms with Crippen molar-refractivity contribution in [3.05, 3.63) is 53.9 Å². The Bertz CT molecular complexity index is 1020. The van der Waals surface area contributed by atoms with Gasteiger partial charge in [0.05, 0.1) is 25.3 Å². The number of nitrogens with one attached hydrogen (secondary N) is 2. The second-order valence-electron chi connectivity index (χ2n) is 8.31. The van der Waals surface area contributed by atoms with Gasteiger partial charge in [-0.05, 0) is 37.0 Å². The molecule has 3 aromatic rings. The molecular formula is C23H26N4O2. The van der Waals surface area contributed by atoms with Gasteiger partial charge < -0.3 is 19.8 Å². The Kier molecular flexibility index (Phi) is 4.20. The fraction of sp³-hybridized carbons (Fsp3) is 0.435. The Hall–Kier alpha value is -2.57. The summed E-state index contributed by atoms with van der Waals surface area (Å²) in [5.41, 5.74) is 4.65. The van der Waals surface area contributed by atoms with Crippen LogP contribution in [0, 0.1) is 0 Å². The van der Waals surface area contributed by atoms with E-state index in [9.17, 15) is 0 Å². The maximum absolute atomic E-state index is 6.15. The molecule has 2 atom stereocenters. The number of aromatic nitrogens is 2. The van der Waals surface area contributed by atoms with Gasteiger partial charge >= 0.3 is 0 Å². The van der Waals surface area contributed by atoms with Crippen molar-refractivity contribution in [3.8, 4) is 5.75 Å². The van der Waals surface area contributed by atoms with Gasteiger partial charge in [-0.1, -0.05) is 18.2 Å². The number of anilines is 1. The molecule has 29 heavy (non-hydrogen) atoms. The highest BCUT2D eigenvalue weighted by atomic mass is 16.5. The molecule has 1 saturated carbocycles. The molecule has 150 valence electrons. The summed E-state index contributed by atoms with van der Waals surface area (Å²) in [5.74, 6) is 1.66. The summed E-state index contributed by atoms with van der Waals surface area (Å²) >= 11 is 0. The molecule has 0 spiro atoms. The number of aromatic amines is 1. The Morgan fingerprint density at radius 1 is 1.10 bits per heavy atom. The van der Waals surface area contributed by atoms with Crippen molar-refractivity contribution in [2.45, 2.75) is 30.8 Å². The molecule has 3 aliphatic rings. The van der Waals surface area contributed by atoms with Crippen LogP contribution in [0.25, 0.3) is 11.0 Å². The lowest BCUT2D eigenvalue weighted by Gasteiger charge is -2.42. The lowest BCUT2D eigenvalue weighted by molar-refractivity contribution is -0.00338. The predicted octanol–water partition coefficient (Wildman–Crippen LogP) is 3.69. The van der Waals surface area contributed by atoms with Crippen molar-refractivity contribution < 1.29 is 9.47 Å². The van der Waals surface area contributed by atoms with Crippen molar-refractivity contribution in [3.63, 3.8) is 0 Å². The number of nitrogens with zero attached hydrogens (tertiary/aromatic N) is 2. The second-order valence-corrected chi connectivity index (χ2v) is 8.31. The first kappa shape index (κ1) is 17.3. The summed E-state index contributed by atoms with van der Waals surface area (Å²) in [7, 11) is 0. The minimum absolute atomic E-state index is 0.155. The van der Waals surface area contributed by atoms with Gasteiger partial charge in [-0.2, -0.15) is 0 Å². The number of ether oxygens (including phenoxy) is 2. The third-order valence-electron chi connectivity index (χ3n) is 6.44. The van der Waals surface area contributed by atoms with Gasteiger partial charge in [0.2, 0.25) is 0 Å². The first-order valence-electron chi connectivity index (χ1n) is 10.6. The van der Waals surface area contributed by atoms with Gasteiger partial charge in [0.15, 0.2) is 0 Å². The first-order chi connectivity index (χ1) is 14.4. The van der Waals surface area contributed by atoms with Crippen LogP contribution in [0.1, 0.15) is 36.1 Å². The van der Waals surface area contributed by atoms with Crippen LogP contribution < -0.4 is 10.1 Å². The molecule has 0 radical (unpaired) electrons. The fourth-order valence-corrected chi connectivity index (χ4v) is 4.70. The third-order valence-corrected chi connectivity index (χ3v) is 6.44. The number of hydrogen-bond acceptors (Lipinski definition) is 5. The predicted molar refractivity (Wildman–Crippen MR) is 113 cm³/mol. The number of rotatable bonds is 4. The largest absolute Gasteiger partial charge is 0.491 e. The number of fused-ring (bicyclic) bond motifs is 2. The van der Waals surface area contributed by atoms with Gasteiger partial charge in [-0.3, -0.25) is 4.90 Å². The number of para-hydroxylation sites is 1. The van der Waals surface area contributed by atoms with Crippen molar-refractivity contribution in [1.29, 1.82) is 0 Å². The van der Waals surface area contributed by atoms with Crippen LogP contribution in [0.5, 0.6) is 5.75 Å². The smallest absolute Gasteiger partial charge is 0.139 e. The van der Waals surface area contributed by atoms with Crippen molar-refractivity contribution >= 4 is 16.7 Å². The highest BCUT2D eigenvalue weighted by Gasteiger charge is 2.36. The van der Waals surface area contributed by atoms with Crippen molar-refractivity contribution in [1.82, 2.24) is 14.9 Å². The molecule has 1 saturated heterocycles. The van der Waals surface area contributed by atoms with Gasteiger partial charge in [0, 0.05) is 41.6 Å². The minimum Gasteiger partial charge on any atom is -0.491 e. The van der Waals surface area contributed by atoms with Crippen LogP contribution >= 0.6 is 0 Å². The molecule has 1 aromatic carbocycles. The van der Waals surface area contributed by atoms with Gasteiger partial charge in [0.1, 0.15) is 18.0 Å². The van der Waals surface area contributed by atoms with E-state index in [-0.39, 0.29) is 12.1 Å². The van der Waals surface area contributed by atoms with Crippen LogP contribution in [0.3, 0.4) is 0 Å². The van der Waals surface area contributed by atoms with E-state index in [1.165, 1.54) is 29.5 Å². The first-order valence-corrected chi connectivity index (χ1v) is 10.6. The van der Waals surface area contributed by atoms with E-state index in [0.717, 1.165) is 43.4 Å². The molecule has 0 bridgehead atoms. The molecule has 6 heteroatoms. The van der Waals surface area contributed by atoms with Crippen LogP contribution in [0.4, 0.5) is 5.69 Å². The molecule has 2 aromatic heterocycles. The quantitative estimate of drug-likeness (QED) is 0.711. The molecule has 4 heterocycles. The molecule has 2 unspecified atom stereocenters. The van der Waals surface area contributed by atoms with E-state index in [1.807, 2.05) is 12.3 Å². The summed E-state index contributed by atoms with van der Waals surface area (Å²) in [4.78, 5) is 10.6. The van der Waals surface area contributed by atoms with E-state index in [0.29, 0.717) is 12.5 Å². The highest BCUT2D eigenvalue weighted by Crippen LogP contribution is 2.42.